The fraction of sp³-hybridized carbons (Fsp3) is 0.938. The lowest BCUT2D eigenvalue weighted by Crippen LogP contribution is -2.41. The molecule has 0 unspecified atom stereocenters. The minimum absolute atomic E-state index is 0. The zero-order valence-electron chi connectivity index (χ0n) is 15.8. The molecule has 7 nitrogen and oxygen atoms in total. The van der Waals surface area contributed by atoms with Gasteiger partial charge < -0.3 is 15.4 Å². The third-order valence-electron chi connectivity index (χ3n) is 4.52. The summed E-state index contributed by atoms with van der Waals surface area (Å²) in [6.07, 6.45) is 5.50. The summed E-state index contributed by atoms with van der Waals surface area (Å²) in [7, 11) is -1.36. The molecular formula is C16H35IN4O3S. The zero-order valence-corrected chi connectivity index (χ0v) is 18.9. The lowest BCUT2D eigenvalue weighted by molar-refractivity contribution is 0.0778. The van der Waals surface area contributed by atoms with Gasteiger partial charge >= 0.3 is 0 Å². The standard InChI is InChI=1S/C16H34N4O3S.HI/c1-4-17-15(18-11-7-12-20-24(21,22)5-2)19-14-16(8-6-9-16)10-13-23-3;/h20H,4-14H2,1-3H3,(H2,17,18,19);1H. The van der Waals surface area contributed by atoms with Crippen molar-refractivity contribution < 1.29 is 13.2 Å². The largest absolute Gasteiger partial charge is 0.385 e. The Kier molecular flexibility index (Phi) is 13.0. The Hall–Kier alpha value is -0.130. The highest BCUT2D eigenvalue weighted by atomic mass is 127. The summed E-state index contributed by atoms with van der Waals surface area (Å²) in [5.74, 6) is 0.924. The van der Waals surface area contributed by atoms with Gasteiger partial charge in [0.05, 0.1) is 5.75 Å². The number of sulfonamides is 1. The van der Waals surface area contributed by atoms with Gasteiger partial charge in [0.15, 0.2) is 5.96 Å². The second-order valence-corrected chi connectivity index (χ2v) is 8.47. The summed E-state index contributed by atoms with van der Waals surface area (Å²) >= 11 is 0. The van der Waals surface area contributed by atoms with Crippen LogP contribution in [0, 0.1) is 5.41 Å². The van der Waals surface area contributed by atoms with Crippen LogP contribution < -0.4 is 15.4 Å². The van der Waals surface area contributed by atoms with Gasteiger partial charge in [-0.2, -0.15) is 0 Å². The van der Waals surface area contributed by atoms with E-state index in [-0.39, 0.29) is 29.7 Å². The maximum Gasteiger partial charge on any atom is 0.211 e. The fourth-order valence-corrected chi connectivity index (χ4v) is 3.36. The Morgan fingerprint density at radius 1 is 1.20 bits per heavy atom. The van der Waals surface area contributed by atoms with Crippen molar-refractivity contribution in [3.05, 3.63) is 0 Å². The fourth-order valence-electron chi connectivity index (χ4n) is 2.70. The van der Waals surface area contributed by atoms with Gasteiger partial charge in [0.1, 0.15) is 0 Å². The number of halogens is 1. The van der Waals surface area contributed by atoms with E-state index in [1.165, 1.54) is 19.3 Å². The van der Waals surface area contributed by atoms with Gasteiger partial charge in [-0.3, -0.25) is 4.99 Å². The summed E-state index contributed by atoms with van der Waals surface area (Å²) in [5.41, 5.74) is 0.301. The third-order valence-corrected chi connectivity index (χ3v) is 5.92. The number of rotatable bonds is 12. The zero-order chi connectivity index (χ0) is 17.9. The summed E-state index contributed by atoms with van der Waals surface area (Å²) in [5, 5.41) is 6.52. The maximum absolute atomic E-state index is 11.4. The Bertz CT molecular complexity index is 482. The predicted molar refractivity (Wildman–Crippen MR) is 114 cm³/mol. The van der Waals surface area contributed by atoms with E-state index in [9.17, 15) is 8.42 Å². The highest BCUT2D eigenvalue weighted by molar-refractivity contribution is 14.0. The van der Waals surface area contributed by atoms with Crippen LogP contribution in [0.4, 0.5) is 0 Å². The molecule has 1 rings (SSSR count). The van der Waals surface area contributed by atoms with E-state index in [0.29, 0.717) is 18.5 Å². The van der Waals surface area contributed by atoms with Gasteiger partial charge in [-0.1, -0.05) is 6.42 Å². The number of methoxy groups -OCH3 is 1. The van der Waals surface area contributed by atoms with E-state index in [2.05, 4.69) is 15.4 Å². The summed E-state index contributed by atoms with van der Waals surface area (Å²) in [4.78, 5) is 4.72. The number of aliphatic imine (C=N–C) groups is 1. The molecule has 3 N–H and O–H groups in total. The Balaban J connectivity index is 0.00000576. The lowest BCUT2D eigenvalue weighted by atomic mass is 9.67. The predicted octanol–water partition coefficient (Wildman–Crippen LogP) is 1.70. The van der Waals surface area contributed by atoms with E-state index in [1.807, 2.05) is 6.92 Å². The minimum atomic E-state index is -3.10. The molecule has 0 spiro atoms. The molecule has 150 valence electrons. The third kappa shape index (κ3) is 9.95. The molecule has 0 heterocycles. The number of ether oxygens (including phenoxy) is 1. The number of nitrogens with one attached hydrogen (secondary N) is 3. The molecule has 0 aromatic rings. The van der Waals surface area contributed by atoms with Crippen molar-refractivity contribution in [3.8, 4) is 0 Å². The van der Waals surface area contributed by atoms with Gasteiger partial charge in [-0.05, 0) is 44.9 Å². The smallest absolute Gasteiger partial charge is 0.211 e. The number of guanidine groups is 1. The Morgan fingerprint density at radius 2 is 1.92 bits per heavy atom. The van der Waals surface area contributed by atoms with Gasteiger partial charge in [0.2, 0.25) is 10.0 Å². The van der Waals surface area contributed by atoms with Crippen LogP contribution in [0.25, 0.3) is 0 Å². The highest BCUT2D eigenvalue weighted by Crippen LogP contribution is 2.44. The van der Waals surface area contributed by atoms with Crippen LogP contribution in [0.5, 0.6) is 0 Å². The van der Waals surface area contributed by atoms with Crippen molar-refractivity contribution >= 4 is 40.0 Å². The van der Waals surface area contributed by atoms with E-state index in [1.54, 1.807) is 14.0 Å². The van der Waals surface area contributed by atoms with Crippen molar-refractivity contribution in [1.29, 1.82) is 0 Å². The average Bonchev–Trinajstić information content (AvgIpc) is 2.53. The van der Waals surface area contributed by atoms with Gasteiger partial charge in [-0.25, -0.2) is 13.1 Å². The summed E-state index contributed by atoms with van der Waals surface area (Å²) < 4.78 is 30.5. The molecule has 1 saturated carbocycles. The first-order valence-corrected chi connectivity index (χ1v) is 10.6. The topological polar surface area (TPSA) is 91.8 Å². The van der Waals surface area contributed by atoms with Crippen LogP contribution in [0.2, 0.25) is 0 Å². The molecule has 0 atom stereocenters. The molecule has 1 aliphatic carbocycles. The van der Waals surface area contributed by atoms with Crippen molar-refractivity contribution in [2.75, 3.05) is 45.6 Å². The molecule has 0 bridgehead atoms. The van der Waals surface area contributed by atoms with Gasteiger partial charge in [0.25, 0.3) is 0 Å². The van der Waals surface area contributed by atoms with Crippen molar-refractivity contribution in [2.45, 2.75) is 46.0 Å². The van der Waals surface area contributed by atoms with Crippen LogP contribution in [0.1, 0.15) is 46.0 Å². The Morgan fingerprint density at radius 3 is 2.44 bits per heavy atom. The van der Waals surface area contributed by atoms with Crippen molar-refractivity contribution in [3.63, 3.8) is 0 Å². The number of nitrogens with zero attached hydrogens (tertiary/aromatic N) is 1. The van der Waals surface area contributed by atoms with E-state index < -0.39 is 10.0 Å². The first-order valence-electron chi connectivity index (χ1n) is 8.95. The molecule has 1 aliphatic rings. The SMILES string of the molecule is CCNC(=NCC1(CCOC)CCC1)NCCCNS(=O)(=O)CC.I. The maximum atomic E-state index is 11.4. The van der Waals surface area contributed by atoms with Crippen LogP contribution in [0.15, 0.2) is 4.99 Å². The van der Waals surface area contributed by atoms with Crippen molar-refractivity contribution in [1.82, 2.24) is 15.4 Å². The van der Waals surface area contributed by atoms with Crippen LogP contribution in [-0.4, -0.2) is 60.0 Å². The molecule has 0 aliphatic heterocycles. The van der Waals surface area contributed by atoms with Crippen LogP contribution in [-0.2, 0) is 14.8 Å². The molecule has 0 aromatic carbocycles. The first kappa shape index (κ1) is 24.9. The quantitative estimate of drug-likeness (QED) is 0.168. The second kappa shape index (κ2) is 13.1. The molecular weight excluding hydrogens is 455 g/mol. The molecule has 25 heavy (non-hydrogen) atoms. The van der Waals surface area contributed by atoms with E-state index >= 15 is 0 Å². The monoisotopic (exact) mass is 490 g/mol. The highest BCUT2D eigenvalue weighted by Gasteiger charge is 2.36. The number of hydrogen-bond acceptors (Lipinski definition) is 4. The summed E-state index contributed by atoms with van der Waals surface area (Å²) in [6.45, 7) is 7.21. The van der Waals surface area contributed by atoms with Crippen LogP contribution >= 0.6 is 24.0 Å². The molecule has 0 saturated heterocycles. The number of hydrogen-bond donors (Lipinski definition) is 3. The lowest BCUT2D eigenvalue weighted by Gasteiger charge is -2.40. The van der Waals surface area contributed by atoms with Crippen molar-refractivity contribution in [2.24, 2.45) is 10.4 Å². The van der Waals surface area contributed by atoms with Gasteiger partial charge in [0, 0.05) is 39.9 Å². The molecule has 9 heteroatoms. The van der Waals surface area contributed by atoms with Crippen LogP contribution in [0.3, 0.4) is 0 Å². The van der Waals surface area contributed by atoms with E-state index in [0.717, 1.165) is 38.5 Å². The minimum Gasteiger partial charge on any atom is -0.385 e. The van der Waals surface area contributed by atoms with E-state index in [4.69, 9.17) is 9.73 Å². The average molecular weight is 490 g/mol. The molecule has 0 radical (unpaired) electrons. The summed E-state index contributed by atoms with van der Waals surface area (Å²) in [6, 6.07) is 0. The van der Waals surface area contributed by atoms with Gasteiger partial charge in [-0.15, -0.1) is 24.0 Å². The Labute approximate surface area is 170 Å². The molecule has 0 aromatic heterocycles. The molecule has 1 fully saturated rings. The molecule has 0 amide bonds. The second-order valence-electron chi connectivity index (χ2n) is 6.37. The first-order chi connectivity index (χ1) is 11.5. The normalized spacial score (nSPS) is 16.7.